The second-order valence-electron chi connectivity index (χ2n) is 3.49. The van der Waals surface area contributed by atoms with Gasteiger partial charge in [0.25, 0.3) is 0 Å². The molecule has 6 radical (unpaired) electrons. The van der Waals surface area contributed by atoms with Crippen LogP contribution < -0.4 is 0 Å². The average molecular weight is 793 g/mol. The van der Waals surface area contributed by atoms with Crippen LogP contribution in [0, 0.1) is 18.8 Å². The number of rotatable bonds is 3. The number of hydrogen-bond acceptors (Lipinski definition) is 0. The summed E-state index contributed by atoms with van der Waals surface area (Å²) in [6.45, 7) is 12.6. The normalized spacial score (nSPS) is 8.40. The van der Waals surface area contributed by atoms with Gasteiger partial charge in [0.1, 0.15) is 0 Å². The number of allylic oxidation sites excluding steroid dienone is 4. The van der Waals surface area contributed by atoms with Crippen molar-refractivity contribution in [3.8, 4) is 0 Å². The molecule has 0 heterocycles. The molecule has 0 atom stereocenters. The molecule has 0 spiro atoms. The summed E-state index contributed by atoms with van der Waals surface area (Å²) in [5.41, 5.74) is 1.45. The Morgan fingerprint density at radius 1 is 0.800 bits per heavy atom. The van der Waals surface area contributed by atoms with Crippen molar-refractivity contribution in [2.45, 2.75) is 41.5 Å². The molecule has 0 unspecified atom stereocenters. The van der Waals surface area contributed by atoms with E-state index in [-0.39, 0.29) is 196 Å². The first-order valence-corrected chi connectivity index (χ1v) is 5.82. The average Bonchev–Trinajstić information content (AvgIpc) is 2.05. The van der Waals surface area contributed by atoms with Crippen LogP contribution in [0.25, 0.3) is 0 Å². The number of hydrogen-bond donors (Lipinski definition) is 0. The summed E-state index contributed by atoms with van der Waals surface area (Å²) in [6, 6.07) is 0. The minimum Gasteiger partial charge on any atom is -0.233 e. The maximum absolute atomic E-state index is 3.26. The molecule has 0 amide bonds. The Labute approximate surface area is 287 Å². The molecule has 0 aromatic rings. The van der Waals surface area contributed by atoms with Crippen LogP contribution >= 0.6 is 15.9 Å². The summed E-state index contributed by atoms with van der Waals surface area (Å²) < 4.78 is 1.17. The van der Waals surface area contributed by atoms with E-state index in [1.807, 2.05) is 33.3 Å². The van der Waals surface area contributed by atoms with Gasteiger partial charge in [-0.3, -0.25) is 0 Å². The summed E-state index contributed by atoms with van der Waals surface area (Å²) in [4.78, 5) is 0. The Balaban J connectivity index is -0.0000000188. The maximum Gasteiger partial charge on any atom is 0 e. The molecule has 0 aliphatic heterocycles. The van der Waals surface area contributed by atoms with E-state index in [2.05, 4.69) is 49.2 Å². The van der Waals surface area contributed by atoms with E-state index in [9.17, 15) is 0 Å². The monoisotopic (exact) mass is 792 g/mol. The molecule has 7 heteroatoms. The van der Waals surface area contributed by atoms with E-state index in [4.69, 9.17) is 0 Å². The van der Waals surface area contributed by atoms with Gasteiger partial charge in [0, 0.05) is 196 Å². The zero-order valence-corrected chi connectivity index (χ0v) is 32.3. The summed E-state index contributed by atoms with van der Waals surface area (Å²) in [7, 11) is 0. The molecule has 20 heavy (non-hydrogen) atoms. The Bertz CT molecular complexity index is 189. The smallest absolute Gasteiger partial charge is 0 e. The standard InChI is InChI=1S/C8H15.C5H8Br.6Y/c1-5-6-8(4)7(2)3;1-3-4-5(2)6;;;;;;/h5-7H,1-4H3;3-4H,1-2H3;;;;;;/q2*-1;;;;;;/b8-6+;5-4+;;;;;;. The van der Waals surface area contributed by atoms with E-state index >= 15 is 0 Å². The van der Waals surface area contributed by atoms with Crippen molar-refractivity contribution >= 4 is 15.9 Å². The third kappa shape index (κ3) is 49.7. The fourth-order valence-electron chi connectivity index (χ4n) is 0.685. The van der Waals surface area contributed by atoms with Gasteiger partial charge in [-0.25, -0.2) is 30.6 Å². The van der Waals surface area contributed by atoms with Crippen molar-refractivity contribution in [3.63, 3.8) is 0 Å². The van der Waals surface area contributed by atoms with Crippen molar-refractivity contribution in [1.29, 1.82) is 0 Å². The fraction of sp³-hybridized carbons (Fsp3) is 0.538. The van der Waals surface area contributed by atoms with Crippen molar-refractivity contribution in [3.05, 3.63) is 35.0 Å². The molecule has 0 aliphatic rings. The summed E-state index contributed by atoms with van der Waals surface area (Å²) in [6.07, 6.45) is 8.23. The molecule has 0 saturated heterocycles. The second-order valence-corrected chi connectivity index (χ2v) is 4.74. The quantitative estimate of drug-likeness (QED) is 0.341. The fourth-order valence-corrected chi connectivity index (χ4v) is 0.949. The van der Waals surface area contributed by atoms with Gasteiger partial charge < -0.3 is 0 Å². The minimum absolute atomic E-state index is 0. The van der Waals surface area contributed by atoms with Gasteiger partial charge in [0.05, 0.1) is 0 Å². The summed E-state index contributed by atoms with van der Waals surface area (Å²) in [5, 5.41) is 0. The van der Waals surface area contributed by atoms with Crippen LogP contribution in [-0.4, -0.2) is 0 Å². The summed E-state index contributed by atoms with van der Waals surface area (Å²) >= 11 is 3.26. The molecule has 0 aliphatic carbocycles. The van der Waals surface area contributed by atoms with Gasteiger partial charge >= 0.3 is 0 Å². The third-order valence-electron chi connectivity index (χ3n) is 1.74. The number of halogens is 1. The Morgan fingerprint density at radius 2 is 1.10 bits per heavy atom. The van der Waals surface area contributed by atoms with Crippen LogP contribution in [0.5, 0.6) is 0 Å². The van der Waals surface area contributed by atoms with Crippen molar-refractivity contribution in [2.75, 3.05) is 0 Å². The molecular formula is C13H23BrY6-2. The Hall–Kier alpha value is 6.32. The first-order valence-electron chi connectivity index (χ1n) is 5.03. The van der Waals surface area contributed by atoms with Gasteiger partial charge in [-0.15, -0.1) is 27.7 Å². The topological polar surface area (TPSA) is 0 Å². The second kappa shape index (κ2) is 40.1. The predicted octanol–water partition coefficient (Wildman–Crippen LogP) is 5.31. The maximum atomic E-state index is 3.26. The van der Waals surface area contributed by atoms with E-state index in [1.54, 1.807) is 0 Å². The van der Waals surface area contributed by atoms with Crippen LogP contribution in [-0.2, 0) is 196 Å². The van der Waals surface area contributed by atoms with Crippen molar-refractivity contribution in [2.24, 2.45) is 5.92 Å². The predicted molar refractivity (Wildman–Crippen MR) is 71.2 cm³/mol. The van der Waals surface area contributed by atoms with Gasteiger partial charge in [-0.2, -0.15) is 20.4 Å². The van der Waals surface area contributed by atoms with Gasteiger partial charge in [-0.05, 0) is 0 Å². The van der Waals surface area contributed by atoms with E-state index in [1.165, 1.54) is 10.1 Å². The first-order chi connectivity index (χ1) is 6.45. The van der Waals surface area contributed by atoms with E-state index in [0.29, 0.717) is 5.92 Å². The van der Waals surface area contributed by atoms with Gasteiger partial charge in [0.2, 0.25) is 0 Å². The SMILES string of the molecule is C[CH-]/C=C(\C)Br.C[CH-]/C=C(\C)C(C)C.[Y].[Y].[Y].[Y].[Y].[Y]. The zero-order chi connectivity index (χ0) is 11.6. The molecule has 0 rings (SSSR count). The molecule has 0 aromatic heterocycles. The van der Waals surface area contributed by atoms with Crippen LogP contribution in [0.2, 0.25) is 0 Å². The van der Waals surface area contributed by atoms with Crippen molar-refractivity contribution < 1.29 is 196 Å². The minimum atomic E-state index is 0. The van der Waals surface area contributed by atoms with Crippen molar-refractivity contribution in [1.82, 2.24) is 0 Å². The van der Waals surface area contributed by atoms with Crippen LogP contribution in [0.15, 0.2) is 22.2 Å². The third-order valence-corrected chi connectivity index (χ3v) is 2.00. The Kier molecular flexibility index (Phi) is 101. The molecule has 0 nitrogen and oxygen atoms in total. The van der Waals surface area contributed by atoms with E-state index < -0.39 is 0 Å². The molecule has 0 aromatic carbocycles. The molecule has 102 valence electrons. The molecule has 0 bridgehead atoms. The van der Waals surface area contributed by atoms with Crippen LogP contribution in [0.3, 0.4) is 0 Å². The molecule has 0 saturated carbocycles. The van der Waals surface area contributed by atoms with Crippen LogP contribution in [0.4, 0.5) is 0 Å². The summed E-state index contributed by atoms with van der Waals surface area (Å²) in [5.74, 6) is 0.700. The van der Waals surface area contributed by atoms with Gasteiger partial charge in [0.15, 0.2) is 0 Å². The Morgan fingerprint density at radius 3 is 1.15 bits per heavy atom. The van der Waals surface area contributed by atoms with Gasteiger partial charge in [-0.1, -0.05) is 19.8 Å². The van der Waals surface area contributed by atoms with E-state index in [0.717, 1.165) is 0 Å². The zero-order valence-electron chi connectivity index (χ0n) is 13.7. The molecule has 0 fully saturated rings. The molecule has 0 N–H and O–H groups in total. The first kappa shape index (κ1) is 50.3. The molecular weight excluding hydrogens is 769 g/mol. The largest absolute Gasteiger partial charge is 0.233 e. The van der Waals surface area contributed by atoms with Crippen LogP contribution in [0.1, 0.15) is 41.5 Å².